The van der Waals surface area contributed by atoms with E-state index in [4.69, 9.17) is 0 Å². The van der Waals surface area contributed by atoms with Gasteiger partial charge in [-0.2, -0.15) is 0 Å². The smallest absolute Gasteiger partial charge is 0.328 e. The van der Waals surface area contributed by atoms with Crippen LogP contribution in [0.2, 0.25) is 0 Å². The first-order valence-corrected chi connectivity index (χ1v) is 9.62. The first-order chi connectivity index (χ1) is 12.9. The van der Waals surface area contributed by atoms with Crippen LogP contribution in [-0.4, -0.2) is 56.9 Å². The molecule has 1 aliphatic heterocycles. The number of nitrogens with zero attached hydrogens (tertiary/aromatic N) is 4. The monoisotopic (exact) mass is 372 g/mol. The molecule has 1 aliphatic rings. The highest BCUT2D eigenvalue weighted by Crippen LogP contribution is 2.16. The van der Waals surface area contributed by atoms with E-state index in [1.165, 1.54) is 0 Å². The molecule has 0 N–H and O–H groups in total. The molecule has 3 rings (SSSR count). The van der Waals surface area contributed by atoms with Gasteiger partial charge in [0.15, 0.2) is 0 Å². The van der Waals surface area contributed by atoms with Gasteiger partial charge in [-0.1, -0.05) is 13.0 Å². The van der Waals surface area contributed by atoms with E-state index < -0.39 is 0 Å². The van der Waals surface area contributed by atoms with Crippen LogP contribution in [0.15, 0.2) is 23.0 Å². The normalized spacial score (nSPS) is 15.2. The number of fused-ring (bicyclic) bond motifs is 1. The van der Waals surface area contributed by atoms with Gasteiger partial charge in [0.05, 0.1) is 17.5 Å². The number of aromatic nitrogens is 2. The molecule has 2 aromatic rings. The van der Waals surface area contributed by atoms with Crippen molar-refractivity contribution >= 4 is 22.8 Å². The van der Waals surface area contributed by atoms with Crippen molar-refractivity contribution in [2.24, 2.45) is 14.1 Å². The summed E-state index contributed by atoms with van der Waals surface area (Å²) >= 11 is 0. The Morgan fingerprint density at radius 3 is 2.22 bits per heavy atom. The molecule has 0 spiro atoms. The standard InChI is InChI=1S/C20H28N4O3/c1-4-6-18(25)23-9-5-10-24(12-11-23)19(26)14-15-7-8-16-17(13-15)22(3)20(27)21(16)2/h7-8,13H,4-6,9-12,14H2,1-3H3. The lowest BCUT2D eigenvalue weighted by atomic mass is 10.1. The summed E-state index contributed by atoms with van der Waals surface area (Å²) in [6.45, 7) is 4.60. The van der Waals surface area contributed by atoms with Crippen LogP contribution in [-0.2, 0) is 30.1 Å². The van der Waals surface area contributed by atoms with Gasteiger partial charge in [0.1, 0.15) is 0 Å². The van der Waals surface area contributed by atoms with E-state index in [0.717, 1.165) is 36.0 Å². The summed E-state index contributed by atoms with van der Waals surface area (Å²) in [6.07, 6.45) is 2.54. The number of hydrogen-bond acceptors (Lipinski definition) is 3. The third-order valence-electron chi connectivity index (χ3n) is 5.36. The summed E-state index contributed by atoms with van der Waals surface area (Å²) in [5, 5.41) is 0. The zero-order valence-electron chi connectivity index (χ0n) is 16.4. The predicted octanol–water partition coefficient (Wildman–Crippen LogP) is 1.28. The quantitative estimate of drug-likeness (QED) is 0.812. The Morgan fingerprint density at radius 1 is 0.926 bits per heavy atom. The van der Waals surface area contributed by atoms with E-state index >= 15 is 0 Å². The largest absolute Gasteiger partial charge is 0.341 e. The summed E-state index contributed by atoms with van der Waals surface area (Å²) in [7, 11) is 3.49. The molecule has 2 amide bonds. The SMILES string of the molecule is CCCC(=O)N1CCCN(C(=O)Cc2ccc3c(c2)n(C)c(=O)n3C)CC1. The molecule has 146 valence electrons. The fraction of sp³-hybridized carbons (Fsp3) is 0.550. The Morgan fingerprint density at radius 2 is 1.56 bits per heavy atom. The van der Waals surface area contributed by atoms with Crippen molar-refractivity contribution in [2.75, 3.05) is 26.2 Å². The molecule has 1 saturated heterocycles. The van der Waals surface area contributed by atoms with Gasteiger partial charge < -0.3 is 9.80 Å². The average molecular weight is 372 g/mol. The van der Waals surface area contributed by atoms with Crippen LogP contribution in [0.4, 0.5) is 0 Å². The van der Waals surface area contributed by atoms with E-state index in [1.807, 2.05) is 34.9 Å². The average Bonchev–Trinajstić information content (AvgIpc) is 2.85. The van der Waals surface area contributed by atoms with Gasteiger partial charge in [-0.25, -0.2) is 4.79 Å². The lowest BCUT2D eigenvalue weighted by Gasteiger charge is -2.22. The third-order valence-corrected chi connectivity index (χ3v) is 5.36. The lowest BCUT2D eigenvalue weighted by Crippen LogP contribution is -2.37. The second kappa shape index (κ2) is 7.98. The van der Waals surface area contributed by atoms with Crippen LogP contribution in [0, 0.1) is 0 Å². The zero-order valence-corrected chi connectivity index (χ0v) is 16.4. The molecule has 0 saturated carbocycles. The maximum Gasteiger partial charge on any atom is 0.328 e. The number of amides is 2. The molecule has 0 unspecified atom stereocenters. The Balaban J connectivity index is 1.68. The number of carbonyl (C=O) groups is 2. The number of benzene rings is 1. The van der Waals surface area contributed by atoms with Crippen LogP contribution < -0.4 is 5.69 Å². The molecule has 0 aliphatic carbocycles. The van der Waals surface area contributed by atoms with E-state index in [9.17, 15) is 14.4 Å². The summed E-state index contributed by atoms with van der Waals surface area (Å²) < 4.78 is 3.21. The van der Waals surface area contributed by atoms with Crippen molar-refractivity contribution in [2.45, 2.75) is 32.6 Å². The van der Waals surface area contributed by atoms with Crippen LogP contribution in [0.1, 0.15) is 31.7 Å². The highest BCUT2D eigenvalue weighted by molar-refractivity contribution is 5.82. The Kier molecular flexibility index (Phi) is 5.68. The summed E-state index contributed by atoms with van der Waals surface area (Å²) in [5.41, 5.74) is 2.52. The van der Waals surface area contributed by atoms with Gasteiger partial charge in [-0.05, 0) is 30.5 Å². The molecular weight excluding hydrogens is 344 g/mol. The van der Waals surface area contributed by atoms with Crippen LogP contribution in [0.25, 0.3) is 11.0 Å². The van der Waals surface area contributed by atoms with Crippen LogP contribution >= 0.6 is 0 Å². The lowest BCUT2D eigenvalue weighted by molar-refractivity contribution is -0.133. The minimum absolute atomic E-state index is 0.0695. The summed E-state index contributed by atoms with van der Waals surface area (Å²) in [4.78, 5) is 40.7. The van der Waals surface area contributed by atoms with Gasteiger partial charge in [-0.3, -0.25) is 18.7 Å². The molecule has 0 bridgehead atoms. The van der Waals surface area contributed by atoms with Crippen LogP contribution in [0.3, 0.4) is 0 Å². The second-order valence-corrected chi connectivity index (χ2v) is 7.27. The first-order valence-electron chi connectivity index (χ1n) is 9.62. The highest BCUT2D eigenvalue weighted by Gasteiger charge is 2.22. The van der Waals surface area contributed by atoms with Crippen molar-refractivity contribution in [3.05, 3.63) is 34.2 Å². The molecule has 1 aromatic heterocycles. The first kappa shape index (κ1) is 19.2. The minimum atomic E-state index is -0.0715. The van der Waals surface area contributed by atoms with Gasteiger partial charge in [0.2, 0.25) is 11.8 Å². The zero-order chi connectivity index (χ0) is 19.6. The fourth-order valence-electron chi connectivity index (χ4n) is 3.74. The number of hydrogen-bond donors (Lipinski definition) is 0. The molecule has 0 radical (unpaired) electrons. The molecule has 7 heteroatoms. The third kappa shape index (κ3) is 3.91. The van der Waals surface area contributed by atoms with Crippen LogP contribution in [0.5, 0.6) is 0 Å². The van der Waals surface area contributed by atoms with Crippen molar-refractivity contribution in [1.82, 2.24) is 18.9 Å². The summed E-state index contributed by atoms with van der Waals surface area (Å²) in [6, 6.07) is 5.73. The van der Waals surface area contributed by atoms with E-state index in [1.54, 1.807) is 23.2 Å². The van der Waals surface area contributed by atoms with Crippen molar-refractivity contribution in [3.8, 4) is 0 Å². The van der Waals surface area contributed by atoms with Gasteiger partial charge >= 0.3 is 5.69 Å². The topological polar surface area (TPSA) is 67.6 Å². The maximum absolute atomic E-state index is 12.8. The molecular formula is C20H28N4O3. The van der Waals surface area contributed by atoms with Gasteiger partial charge in [0.25, 0.3) is 0 Å². The molecule has 1 aromatic carbocycles. The van der Waals surface area contributed by atoms with E-state index in [0.29, 0.717) is 32.5 Å². The predicted molar refractivity (Wildman–Crippen MR) is 105 cm³/mol. The summed E-state index contributed by atoms with van der Waals surface area (Å²) in [5.74, 6) is 0.252. The number of rotatable bonds is 4. The number of carbonyl (C=O) groups excluding carboxylic acids is 2. The fourth-order valence-corrected chi connectivity index (χ4v) is 3.74. The second-order valence-electron chi connectivity index (χ2n) is 7.27. The Bertz CT molecular complexity index is 912. The molecule has 1 fully saturated rings. The van der Waals surface area contributed by atoms with Crippen molar-refractivity contribution in [3.63, 3.8) is 0 Å². The van der Waals surface area contributed by atoms with Crippen molar-refractivity contribution in [1.29, 1.82) is 0 Å². The van der Waals surface area contributed by atoms with E-state index in [2.05, 4.69) is 0 Å². The van der Waals surface area contributed by atoms with Gasteiger partial charge in [-0.15, -0.1) is 0 Å². The molecule has 0 atom stereocenters. The van der Waals surface area contributed by atoms with E-state index in [-0.39, 0.29) is 17.5 Å². The number of imidazole rings is 1. The minimum Gasteiger partial charge on any atom is -0.341 e. The molecule has 27 heavy (non-hydrogen) atoms. The Labute approximate surface area is 159 Å². The molecule has 7 nitrogen and oxygen atoms in total. The maximum atomic E-state index is 12.8. The number of aryl methyl sites for hydroxylation is 2. The molecule has 2 heterocycles. The van der Waals surface area contributed by atoms with Crippen molar-refractivity contribution < 1.29 is 9.59 Å². The Hall–Kier alpha value is -2.57. The van der Waals surface area contributed by atoms with Gasteiger partial charge in [0, 0.05) is 46.7 Å². The highest BCUT2D eigenvalue weighted by atomic mass is 16.2.